The monoisotopic (exact) mass is 220 g/mol. The average molecular weight is 221 g/mol. The van der Waals surface area contributed by atoms with E-state index in [0.29, 0.717) is 15.3 Å². The standard InChI is InChI=1S/C4H5BrN4S/c1-9-2(4(6)10)3(5)7-8-9/h1H3,(H2,6,10). The van der Waals surface area contributed by atoms with E-state index in [1.54, 1.807) is 7.05 Å². The van der Waals surface area contributed by atoms with Gasteiger partial charge in [0.1, 0.15) is 10.7 Å². The molecule has 0 aliphatic rings. The predicted molar refractivity (Wildman–Crippen MR) is 44.6 cm³/mol. The summed E-state index contributed by atoms with van der Waals surface area (Å²) in [6.45, 7) is 0. The third-order valence-corrected chi connectivity index (χ3v) is 1.75. The summed E-state index contributed by atoms with van der Waals surface area (Å²) in [5.41, 5.74) is 6.01. The zero-order valence-electron chi connectivity index (χ0n) is 5.21. The highest BCUT2D eigenvalue weighted by Crippen LogP contribution is 2.10. The van der Waals surface area contributed by atoms with Gasteiger partial charge in [-0.3, -0.25) is 0 Å². The van der Waals surface area contributed by atoms with Gasteiger partial charge < -0.3 is 5.73 Å². The number of halogens is 1. The van der Waals surface area contributed by atoms with Crippen molar-refractivity contribution in [2.45, 2.75) is 0 Å². The Morgan fingerprint density at radius 2 is 2.40 bits per heavy atom. The molecule has 0 aliphatic carbocycles. The lowest BCUT2D eigenvalue weighted by Crippen LogP contribution is -2.14. The number of nitrogens with zero attached hydrogens (tertiary/aromatic N) is 3. The highest BCUT2D eigenvalue weighted by Gasteiger charge is 2.08. The number of aryl methyl sites for hydroxylation is 1. The zero-order chi connectivity index (χ0) is 7.72. The Labute approximate surface area is 71.5 Å². The van der Waals surface area contributed by atoms with Crippen molar-refractivity contribution in [1.82, 2.24) is 15.0 Å². The maximum Gasteiger partial charge on any atom is 0.158 e. The molecule has 0 amide bonds. The van der Waals surface area contributed by atoms with Gasteiger partial charge in [0.15, 0.2) is 4.60 Å². The number of rotatable bonds is 1. The number of aromatic nitrogens is 3. The summed E-state index contributed by atoms with van der Waals surface area (Å²) in [4.78, 5) is 0.291. The molecule has 1 aromatic heterocycles. The van der Waals surface area contributed by atoms with Gasteiger partial charge in [0, 0.05) is 7.05 Å². The summed E-state index contributed by atoms with van der Waals surface area (Å²) >= 11 is 7.89. The van der Waals surface area contributed by atoms with E-state index >= 15 is 0 Å². The molecule has 0 unspecified atom stereocenters. The van der Waals surface area contributed by atoms with Crippen LogP contribution in [0.1, 0.15) is 5.69 Å². The number of nitrogens with two attached hydrogens (primary N) is 1. The summed E-state index contributed by atoms with van der Waals surface area (Å²) in [5, 5.41) is 7.39. The minimum Gasteiger partial charge on any atom is -0.388 e. The van der Waals surface area contributed by atoms with E-state index in [1.807, 2.05) is 0 Å². The lowest BCUT2D eigenvalue weighted by atomic mass is 10.5. The second-order valence-corrected chi connectivity index (χ2v) is 2.91. The van der Waals surface area contributed by atoms with E-state index in [-0.39, 0.29) is 0 Å². The van der Waals surface area contributed by atoms with E-state index in [1.165, 1.54) is 4.68 Å². The first-order chi connectivity index (χ1) is 4.63. The lowest BCUT2D eigenvalue weighted by molar-refractivity contribution is 0.710. The van der Waals surface area contributed by atoms with Crippen LogP contribution in [-0.2, 0) is 7.05 Å². The van der Waals surface area contributed by atoms with Crippen LogP contribution in [0.25, 0.3) is 0 Å². The van der Waals surface area contributed by atoms with Crippen LogP contribution in [-0.4, -0.2) is 20.0 Å². The molecule has 0 aliphatic heterocycles. The van der Waals surface area contributed by atoms with Crippen LogP contribution in [0.15, 0.2) is 4.60 Å². The van der Waals surface area contributed by atoms with Crippen LogP contribution in [0.3, 0.4) is 0 Å². The van der Waals surface area contributed by atoms with Crippen molar-refractivity contribution in [2.75, 3.05) is 0 Å². The third-order valence-electron chi connectivity index (χ3n) is 1.02. The molecular formula is C4H5BrN4S. The van der Waals surface area contributed by atoms with Crippen molar-refractivity contribution < 1.29 is 0 Å². The molecule has 0 saturated carbocycles. The summed E-state index contributed by atoms with van der Waals surface area (Å²) in [7, 11) is 1.73. The van der Waals surface area contributed by atoms with Crippen molar-refractivity contribution in [2.24, 2.45) is 12.8 Å². The minimum absolute atomic E-state index is 0.291. The molecule has 2 N–H and O–H groups in total. The molecule has 0 atom stereocenters. The van der Waals surface area contributed by atoms with Crippen LogP contribution in [0, 0.1) is 0 Å². The molecule has 10 heavy (non-hydrogen) atoms. The van der Waals surface area contributed by atoms with Crippen LogP contribution >= 0.6 is 28.1 Å². The first-order valence-corrected chi connectivity index (χ1v) is 3.68. The Bertz CT molecular complexity index is 249. The Balaban J connectivity index is 3.23. The van der Waals surface area contributed by atoms with Crippen molar-refractivity contribution >= 4 is 33.1 Å². The molecule has 54 valence electrons. The molecule has 0 bridgehead atoms. The maximum atomic E-state index is 5.36. The molecule has 0 aromatic carbocycles. The van der Waals surface area contributed by atoms with E-state index in [9.17, 15) is 0 Å². The van der Waals surface area contributed by atoms with Crippen LogP contribution in [0.5, 0.6) is 0 Å². The Kier molecular flexibility index (Phi) is 2.00. The molecule has 6 heteroatoms. The third kappa shape index (κ3) is 1.17. The first-order valence-electron chi connectivity index (χ1n) is 2.48. The summed E-state index contributed by atoms with van der Waals surface area (Å²) in [5.74, 6) is 0. The summed E-state index contributed by atoms with van der Waals surface area (Å²) in [6, 6.07) is 0. The minimum atomic E-state index is 0.291. The molecule has 1 aromatic rings. The van der Waals surface area contributed by atoms with Gasteiger partial charge in [-0.2, -0.15) is 0 Å². The van der Waals surface area contributed by atoms with Gasteiger partial charge in [-0.15, -0.1) is 5.10 Å². The molecule has 1 heterocycles. The molecule has 0 spiro atoms. The highest BCUT2D eigenvalue weighted by molar-refractivity contribution is 9.10. The quantitative estimate of drug-likeness (QED) is 0.689. The Morgan fingerprint density at radius 3 is 2.60 bits per heavy atom. The van der Waals surface area contributed by atoms with Crippen molar-refractivity contribution in [3.05, 3.63) is 10.3 Å². The first kappa shape index (κ1) is 7.62. The summed E-state index contributed by atoms with van der Waals surface area (Å²) < 4.78 is 2.11. The van der Waals surface area contributed by atoms with Gasteiger partial charge in [0.25, 0.3) is 0 Å². The zero-order valence-corrected chi connectivity index (χ0v) is 7.61. The van der Waals surface area contributed by atoms with E-state index < -0.39 is 0 Å². The second-order valence-electron chi connectivity index (χ2n) is 1.72. The molecule has 4 nitrogen and oxygen atoms in total. The molecule has 0 radical (unpaired) electrons. The van der Waals surface area contributed by atoms with Crippen molar-refractivity contribution in [1.29, 1.82) is 0 Å². The van der Waals surface area contributed by atoms with Gasteiger partial charge in [0.2, 0.25) is 0 Å². The Hall–Kier alpha value is -0.490. The van der Waals surface area contributed by atoms with E-state index in [0.717, 1.165) is 0 Å². The topological polar surface area (TPSA) is 56.7 Å². The van der Waals surface area contributed by atoms with Gasteiger partial charge in [-0.05, 0) is 15.9 Å². The van der Waals surface area contributed by atoms with Gasteiger partial charge in [0.05, 0.1) is 0 Å². The van der Waals surface area contributed by atoms with Crippen LogP contribution in [0.4, 0.5) is 0 Å². The highest BCUT2D eigenvalue weighted by atomic mass is 79.9. The largest absolute Gasteiger partial charge is 0.388 e. The van der Waals surface area contributed by atoms with Crippen LogP contribution < -0.4 is 5.73 Å². The predicted octanol–water partition coefficient (Wildman–Crippen LogP) is 0.212. The maximum absolute atomic E-state index is 5.36. The van der Waals surface area contributed by atoms with Crippen molar-refractivity contribution in [3.8, 4) is 0 Å². The number of hydrogen-bond acceptors (Lipinski definition) is 3. The molecule has 0 fully saturated rings. The van der Waals surface area contributed by atoms with Crippen LogP contribution in [0.2, 0.25) is 0 Å². The smallest absolute Gasteiger partial charge is 0.158 e. The fourth-order valence-corrected chi connectivity index (χ4v) is 1.49. The second kappa shape index (κ2) is 2.63. The fraction of sp³-hybridized carbons (Fsp3) is 0.250. The molecule has 1 rings (SSSR count). The van der Waals surface area contributed by atoms with Gasteiger partial charge >= 0.3 is 0 Å². The number of thiocarbonyl (C=S) groups is 1. The lowest BCUT2D eigenvalue weighted by Gasteiger charge is -1.95. The molecule has 0 saturated heterocycles. The number of hydrogen-bond donors (Lipinski definition) is 1. The summed E-state index contributed by atoms with van der Waals surface area (Å²) in [6.07, 6.45) is 0. The SMILES string of the molecule is Cn1nnc(Br)c1C(N)=S. The van der Waals surface area contributed by atoms with Gasteiger partial charge in [-0.1, -0.05) is 17.4 Å². The fourth-order valence-electron chi connectivity index (χ4n) is 0.593. The van der Waals surface area contributed by atoms with E-state index in [2.05, 4.69) is 26.2 Å². The molecular weight excluding hydrogens is 216 g/mol. The van der Waals surface area contributed by atoms with Crippen molar-refractivity contribution in [3.63, 3.8) is 0 Å². The normalized spacial score (nSPS) is 9.80. The Morgan fingerprint density at radius 1 is 1.80 bits per heavy atom. The average Bonchev–Trinajstić information content (AvgIpc) is 2.11. The van der Waals surface area contributed by atoms with Gasteiger partial charge in [-0.25, -0.2) is 4.68 Å². The van der Waals surface area contributed by atoms with E-state index in [4.69, 9.17) is 18.0 Å².